The Kier molecular flexibility index (Phi) is 7.00. The van der Waals surface area contributed by atoms with Crippen LogP contribution in [0.2, 0.25) is 0 Å². The average Bonchev–Trinajstić information content (AvgIpc) is 3.19. The molecule has 2 aromatic carbocycles. The predicted octanol–water partition coefficient (Wildman–Crippen LogP) is 2.96. The van der Waals surface area contributed by atoms with Crippen molar-refractivity contribution in [3.05, 3.63) is 64.7 Å². The molecule has 2 N–H and O–H groups in total. The Morgan fingerprint density at radius 2 is 1.72 bits per heavy atom. The standard InChI is InChI=1S/C23H25NO5/c25-21(19-7-6-17-2-1-3-18(17)14-19)10-11-22(26)24-13-12-16-4-8-20(9-5-16)29-15-23(27)28/h4-9,14H,1-3,10-13,15H2,(H,24,26)(H,27,28). The first-order valence-electron chi connectivity index (χ1n) is 9.86. The van der Waals surface area contributed by atoms with Crippen molar-refractivity contribution in [3.8, 4) is 5.75 Å². The Morgan fingerprint density at radius 1 is 0.966 bits per heavy atom. The minimum absolute atomic E-state index is 0.00630. The number of fused-ring (bicyclic) bond motifs is 1. The fourth-order valence-electron chi connectivity index (χ4n) is 3.45. The lowest BCUT2D eigenvalue weighted by Gasteiger charge is -2.07. The fraction of sp³-hybridized carbons (Fsp3) is 0.348. The van der Waals surface area contributed by atoms with Crippen LogP contribution < -0.4 is 10.1 Å². The van der Waals surface area contributed by atoms with Crippen molar-refractivity contribution < 1.29 is 24.2 Å². The van der Waals surface area contributed by atoms with E-state index in [0.717, 1.165) is 24.8 Å². The highest BCUT2D eigenvalue weighted by atomic mass is 16.5. The number of amides is 1. The molecule has 0 unspecified atom stereocenters. The van der Waals surface area contributed by atoms with Crippen molar-refractivity contribution in [1.29, 1.82) is 0 Å². The van der Waals surface area contributed by atoms with Gasteiger partial charge in [0.25, 0.3) is 0 Å². The monoisotopic (exact) mass is 395 g/mol. The van der Waals surface area contributed by atoms with Gasteiger partial charge in [0.15, 0.2) is 12.4 Å². The van der Waals surface area contributed by atoms with Gasteiger partial charge in [0.2, 0.25) is 5.91 Å². The molecule has 0 heterocycles. The molecule has 6 heteroatoms. The number of carboxylic acid groups (broad SMARTS) is 1. The quantitative estimate of drug-likeness (QED) is 0.604. The summed E-state index contributed by atoms with van der Waals surface area (Å²) in [6.45, 7) is 0.0980. The molecule has 1 aliphatic rings. The molecule has 2 aromatic rings. The van der Waals surface area contributed by atoms with Gasteiger partial charge in [0.05, 0.1) is 0 Å². The second kappa shape index (κ2) is 9.87. The SMILES string of the molecule is O=C(O)COc1ccc(CCNC(=O)CCC(=O)c2ccc3c(c2)CCC3)cc1. The molecule has 0 atom stereocenters. The van der Waals surface area contributed by atoms with E-state index < -0.39 is 5.97 Å². The zero-order chi connectivity index (χ0) is 20.6. The van der Waals surface area contributed by atoms with E-state index in [4.69, 9.17) is 9.84 Å². The first kappa shape index (κ1) is 20.6. The summed E-state index contributed by atoms with van der Waals surface area (Å²) in [5, 5.41) is 11.4. The maximum atomic E-state index is 12.3. The molecular formula is C23H25NO5. The second-order valence-corrected chi connectivity index (χ2v) is 7.19. The lowest BCUT2D eigenvalue weighted by atomic mass is 10.0. The van der Waals surface area contributed by atoms with Crippen LogP contribution in [-0.4, -0.2) is 35.9 Å². The number of hydrogen-bond donors (Lipinski definition) is 2. The molecule has 0 spiro atoms. The van der Waals surface area contributed by atoms with Crippen LogP contribution in [0.3, 0.4) is 0 Å². The summed E-state index contributed by atoms with van der Waals surface area (Å²) in [5.74, 6) is -0.663. The third kappa shape index (κ3) is 6.17. The van der Waals surface area contributed by atoms with Gasteiger partial charge in [-0.25, -0.2) is 4.79 Å². The average molecular weight is 395 g/mol. The highest BCUT2D eigenvalue weighted by molar-refractivity contribution is 5.98. The van der Waals surface area contributed by atoms with E-state index in [0.29, 0.717) is 24.3 Å². The molecule has 0 aliphatic heterocycles. The number of aliphatic carboxylic acids is 1. The molecule has 152 valence electrons. The Labute approximate surface area is 169 Å². The fourth-order valence-corrected chi connectivity index (χ4v) is 3.45. The van der Waals surface area contributed by atoms with E-state index >= 15 is 0 Å². The first-order valence-corrected chi connectivity index (χ1v) is 9.86. The maximum Gasteiger partial charge on any atom is 0.341 e. The Hall–Kier alpha value is -3.15. The molecule has 0 fully saturated rings. The van der Waals surface area contributed by atoms with Gasteiger partial charge >= 0.3 is 5.97 Å². The van der Waals surface area contributed by atoms with Crippen molar-refractivity contribution in [3.63, 3.8) is 0 Å². The van der Waals surface area contributed by atoms with Gasteiger partial charge in [-0.05, 0) is 60.6 Å². The van der Waals surface area contributed by atoms with Gasteiger partial charge < -0.3 is 15.2 Å². The van der Waals surface area contributed by atoms with E-state index in [1.807, 2.05) is 30.3 Å². The summed E-state index contributed by atoms with van der Waals surface area (Å²) in [4.78, 5) is 34.8. The third-order valence-electron chi connectivity index (χ3n) is 5.02. The van der Waals surface area contributed by atoms with E-state index in [1.54, 1.807) is 12.1 Å². The molecule has 0 radical (unpaired) electrons. The summed E-state index contributed by atoms with van der Waals surface area (Å²) in [5.41, 5.74) is 4.30. The number of ether oxygens (including phenoxy) is 1. The van der Waals surface area contributed by atoms with Gasteiger partial charge in [-0.2, -0.15) is 0 Å². The molecule has 1 amide bonds. The van der Waals surface area contributed by atoms with Gasteiger partial charge in [0, 0.05) is 24.9 Å². The number of ketones is 1. The van der Waals surface area contributed by atoms with Crippen LogP contribution in [0.1, 0.15) is 46.3 Å². The molecule has 1 aliphatic carbocycles. The zero-order valence-corrected chi connectivity index (χ0v) is 16.3. The zero-order valence-electron chi connectivity index (χ0n) is 16.3. The summed E-state index contributed by atoms with van der Waals surface area (Å²) in [6, 6.07) is 13.0. The smallest absolute Gasteiger partial charge is 0.341 e. The second-order valence-electron chi connectivity index (χ2n) is 7.19. The normalized spacial score (nSPS) is 12.3. The van der Waals surface area contributed by atoms with Crippen LogP contribution in [0, 0.1) is 0 Å². The third-order valence-corrected chi connectivity index (χ3v) is 5.02. The number of rotatable bonds is 10. The number of nitrogens with one attached hydrogen (secondary N) is 1. The van der Waals surface area contributed by atoms with Crippen LogP contribution >= 0.6 is 0 Å². The van der Waals surface area contributed by atoms with Crippen LogP contribution in [0.15, 0.2) is 42.5 Å². The Balaban J connectivity index is 1.36. The molecule has 6 nitrogen and oxygen atoms in total. The minimum atomic E-state index is -1.02. The van der Waals surface area contributed by atoms with Gasteiger partial charge in [0.1, 0.15) is 5.75 Å². The van der Waals surface area contributed by atoms with Crippen LogP contribution in [-0.2, 0) is 28.9 Å². The Morgan fingerprint density at radius 3 is 2.48 bits per heavy atom. The van der Waals surface area contributed by atoms with Crippen molar-refractivity contribution in [1.82, 2.24) is 5.32 Å². The van der Waals surface area contributed by atoms with E-state index in [-0.39, 0.29) is 31.1 Å². The van der Waals surface area contributed by atoms with Gasteiger partial charge in [-0.3, -0.25) is 9.59 Å². The number of Topliss-reactive ketones (excluding diaryl/α,β-unsaturated/α-hetero) is 1. The minimum Gasteiger partial charge on any atom is -0.482 e. The number of carbonyl (C=O) groups excluding carboxylic acids is 2. The van der Waals surface area contributed by atoms with Gasteiger partial charge in [-0.1, -0.05) is 24.3 Å². The molecule has 29 heavy (non-hydrogen) atoms. The maximum absolute atomic E-state index is 12.3. The summed E-state index contributed by atoms with van der Waals surface area (Å²) in [7, 11) is 0. The Bertz CT molecular complexity index is 889. The summed E-state index contributed by atoms with van der Waals surface area (Å²) in [6.07, 6.45) is 4.29. The highest BCUT2D eigenvalue weighted by Gasteiger charge is 2.14. The lowest BCUT2D eigenvalue weighted by molar-refractivity contribution is -0.139. The topological polar surface area (TPSA) is 92.7 Å². The van der Waals surface area contributed by atoms with E-state index in [1.165, 1.54) is 11.1 Å². The number of carbonyl (C=O) groups is 3. The summed E-state index contributed by atoms with van der Waals surface area (Å²) >= 11 is 0. The number of hydrogen-bond acceptors (Lipinski definition) is 4. The molecule has 3 rings (SSSR count). The summed E-state index contributed by atoms with van der Waals surface area (Å²) < 4.78 is 5.08. The molecule has 0 saturated heterocycles. The van der Waals surface area contributed by atoms with Crippen molar-refractivity contribution in [2.24, 2.45) is 0 Å². The molecule has 0 aromatic heterocycles. The van der Waals surface area contributed by atoms with Crippen molar-refractivity contribution in [2.45, 2.75) is 38.5 Å². The largest absolute Gasteiger partial charge is 0.482 e. The molecule has 0 saturated carbocycles. The van der Waals surface area contributed by atoms with Crippen LogP contribution in [0.5, 0.6) is 5.75 Å². The molecule has 0 bridgehead atoms. The van der Waals surface area contributed by atoms with E-state index in [2.05, 4.69) is 5.32 Å². The predicted molar refractivity (Wildman–Crippen MR) is 108 cm³/mol. The van der Waals surface area contributed by atoms with E-state index in [9.17, 15) is 14.4 Å². The lowest BCUT2D eigenvalue weighted by Crippen LogP contribution is -2.26. The van der Waals surface area contributed by atoms with Crippen LogP contribution in [0.25, 0.3) is 0 Å². The molecular weight excluding hydrogens is 370 g/mol. The number of benzene rings is 2. The van der Waals surface area contributed by atoms with Crippen molar-refractivity contribution >= 4 is 17.7 Å². The number of carboxylic acids is 1. The highest BCUT2D eigenvalue weighted by Crippen LogP contribution is 2.23. The van der Waals surface area contributed by atoms with Crippen molar-refractivity contribution in [2.75, 3.05) is 13.2 Å². The van der Waals surface area contributed by atoms with Crippen LogP contribution in [0.4, 0.5) is 0 Å². The first-order chi connectivity index (χ1) is 14.0. The van der Waals surface area contributed by atoms with Gasteiger partial charge in [-0.15, -0.1) is 0 Å². The number of aryl methyl sites for hydroxylation is 2.